The van der Waals surface area contributed by atoms with Crippen molar-refractivity contribution in [2.75, 3.05) is 10.8 Å². The Morgan fingerprint density at radius 2 is 1.86 bits per heavy atom. The van der Waals surface area contributed by atoms with Crippen LogP contribution in [0.1, 0.15) is 18.5 Å². The molecule has 0 aliphatic heterocycles. The molecule has 9 heteroatoms. The van der Waals surface area contributed by atoms with Crippen LogP contribution >= 0.6 is 22.9 Å². The number of hydrogen-bond donors (Lipinski definition) is 1. The first-order valence-corrected chi connectivity index (χ1v) is 11.1. The molecule has 28 heavy (non-hydrogen) atoms. The zero-order chi connectivity index (χ0) is 20.1. The van der Waals surface area contributed by atoms with Crippen molar-refractivity contribution in [1.29, 1.82) is 0 Å². The van der Waals surface area contributed by atoms with Crippen molar-refractivity contribution in [2.45, 2.75) is 17.9 Å². The number of nitrogens with zero attached hydrogens (tertiary/aromatic N) is 2. The molecule has 0 fully saturated rings. The van der Waals surface area contributed by atoms with Crippen molar-refractivity contribution < 1.29 is 13.2 Å². The molecule has 3 rings (SSSR count). The molecular weight excluding hydrogens is 418 g/mol. The Bertz CT molecular complexity index is 1020. The minimum Gasteiger partial charge on any atom is -0.348 e. The molecule has 2 aromatic carbocycles. The number of carbonyl (C=O) groups excluding carboxylic acids is 1. The highest BCUT2D eigenvalue weighted by Gasteiger charge is 2.29. The number of carbonyl (C=O) groups is 1. The Hall–Kier alpha value is -2.42. The molecule has 1 atom stereocenters. The van der Waals surface area contributed by atoms with Crippen LogP contribution in [0.25, 0.3) is 0 Å². The number of thiazole rings is 1. The van der Waals surface area contributed by atoms with Crippen LogP contribution in [0.4, 0.5) is 5.13 Å². The third kappa shape index (κ3) is 4.70. The van der Waals surface area contributed by atoms with E-state index in [4.69, 9.17) is 11.6 Å². The van der Waals surface area contributed by atoms with E-state index in [2.05, 4.69) is 10.3 Å². The first-order valence-electron chi connectivity index (χ1n) is 8.40. The maximum Gasteiger partial charge on any atom is 0.266 e. The number of aromatic nitrogens is 1. The number of halogens is 1. The molecule has 0 spiro atoms. The first-order chi connectivity index (χ1) is 13.4. The fourth-order valence-corrected chi connectivity index (χ4v) is 4.96. The lowest BCUT2D eigenvalue weighted by molar-refractivity contribution is -0.120. The van der Waals surface area contributed by atoms with Crippen LogP contribution in [-0.4, -0.2) is 25.9 Å². The Morgan fingerprint density at radius 3 is 2.46 bits per heavy atom. The molecule has 1 aromatic heterocycles. The Labute approximate surface area is 172 Å². The van der Waals surface area contributed by atoms with E-state index >= 15 is 0 Å². The van der Waals surface area contributed by atoms with Crippen molar-refractivity contribution in [3.8, 4) is 0 Å². The summed E-state index contributed by atoms with van der Waals surface area (Å²) in [6.07, 6.45) is 1.50. The lowest BCUT2D eigenvalue weighted by Gasteiger charge is -2.22. The van der Waals surface area contributed by atoms with E-state index in [1.165, 1.54) is 18.3 Å². The van der Waals surface area contributed by atoms with Gasteiger partial charge in [-0.15, -0.1) is 11.3 Å². The fourth-order valence-electron chi connectivity index (χ4n) is 2.57. The maximum absolute atomic E-state index is 13.1. The van der Waals surface area contributed by atoms with Crippen molar-refractivity contribution in [3.63, 3.8) is 0 Å². The molecule has 6 nitrogen and oxygen atoms in total. The molecule has 1 amide bonds. The molecule has 1 N–H and O–H groups in total. The third-order valence-electron chi connectivity index (χ3n) is 4.00. The predicted octanol–water partition coefficient (Wildman–Crippen LogP) is 3.87. The van der Waals surface area contributed by atoms with Crippen LogP contribution in [-0.2, 0) is 14.8 Å². The van der Waals surface area contributed by atoms with Crippen molar-refractivity contribution in [1.82, 2.24) is 10.3 Å². The summed E-state index contributed by atoms with van der Waals surface area (Å²) in [6.45, 7) is 1.45. The average Bonchev–Trinajstić information content (AvgIpc) is 3.21. The second kappa shape index (κ2) is 8.72. The van der Waals surface area contributed by atoms with E-state index in [9.17, 15) is 13.2 Å². The molecule has 0 aliphatic carbocycles. The van der Waals surface area contributed by atoms with Crippen LogP contribution in [0.2, 0.25) is 5.02 Å². The Balaban J connectivity index is 1.80. The average molecular weight is 436 g/mol. The van der Waals surface area contributed by atoms with Crippen LogP contribution in [0.15, 0.2) is 71.1 Å². The second-order valence-electron chi connectivity index (χ2n) is 5.98. The Kier molecular flexibility index (Phi) is 6.33. The van der Waals surface area contributed by atoms with Gasteiger partial charge in [-0.1, -0.05) is 41.9 Å². The minimum absolute atomic E-state index is 0.101. The van der Waals surface area contributed by atoms with Crippen molar-refractivity contribution in [2.24, 2.45) is 0 Å². The van der Waals surface area contributed by atoms with Gasteiger partial charge >= 0.3 is 0 Å². The topological polar surface area (TPSA) is 79.4 Å². The van der Waals surface area contributed by atoms with Gasteiger partial charge in [0.15, 0.2) is 5.13 Å². The van der Waals surface area contributed by atoms with E-state index in [-0.39, 0.29) is 22.6 Å². The molecule has 0 radical (unpaired) electrons. The van der Waals surface area contributed by atoms with Gasteiger partial charge in [-0.2, -0.15) is 0 Å². The molecule has 0 bridgehead atoms. The number of rotatable bonds is 7. The zero-order valence-electron chi connectivity index (χ0n) is 14.9. The summed E-state index contributed by atoms with van der Waals surface area (Å²) in [4.78, 5) is 16.8. The smallest absolute Gasteiger partial charge is 0.266 e. The lowest BCUT2D eigenvalue weighted by atomic mass is 10.1. The summed E-state index contributed by atoms with van der Waals surface area (Å²) in [5.41, 5.74) is 0.865. The molecule has 146 valence electrons. The number of nitrogens with one attached hydrogen (secondary N) is 1. The molecule has 3 aromatic rings. The second-order valence-corrected chi connectivity index (χ2v) is 9.15. The summed E-state index contributed by atoms with van der Waals surface area (Å²) in [7, 11) is -3.92. The number of benzene rings is 2. The number of amides is 1. The number of hydrogen-bond acceptors (Lipinski definition) is 5. The summed E-state index contributed by atoms with van der Waals surface area (Å²) < 4.78 is 27.1. The van der Waals surface area contributed by atoms with Gasteiger partial charge < -0.3 is 5.32 Å². The molecule has 0 aliphatic rings. The van der Waals surface area contributed by atoms with Crippen molar-refractivity contribution >= 4 is 44.0 Å². The summed E-state index contributed by atoms with van der Waals surface area (Å²) in [5.74, 6) is -0.433. The quantitative estimate of drug-likeness (QED) is 0.611. The number of sulfonamides is 1. The van der Waals surface area contributed by atoms with Gasteiger partial charge in [0.1, 0.15) is 6.54 Å². The molecule has 0 saturated carbocycles. The third-order valence-corrected chi connectivity index (χ3v) is 6.91. The molecule has 1 unspecified atom stereocenters. The van der Waals surface area contributed by atoms with Gasteiger partial charge in [-0.3, -0.25) is 4.79 Å². The SMILES string of the molecule is CC(NC(=O)CN(c1nccs1)S(=O)(=O)c1ccccc1)c1ccc(Cl)cc1. The van der Waals surface area contributed by atoms with Crippen LogP contribution in [0.3, 0.4) is 0 Å². The maximum atomic E-state index is 13.1. The van der Waals surface area contributed by atoms with E-state index in [0.717, 1.165) is 21.2 Å². The van der Waals surface area contributed by atoms with E-state index in [1.54, 1.807) is 35.7 Å². The fraction of sp³-hybridized carbons (Fsp3) is 0.158. The summed E-state index contributed by atoms with van der Waals surface area (Å²) in [5, 5.41) is 5.32. The predicted molar refractivity (Wildman–Crippen MR) is 111 cm³/mol. The van der Waals surface area contributed by atoms with Gasteiger partial charge in [0.2, 0.25) is 5.91 Å². The lowest BCUT2D eigenvalue weighted by Crippen LogP contribution is -2.41. The monoisotopic (exact) mass is 435 g/mol. The summed E-state index contributed by atoms with van der Waals surface area (Å²) in [6, 6.07) is 14.8. The molecule has 1 heterocycles. The van der Waals surface area contributed by atoms with Crippen LogP contribution < -0.4 is 9.62 Å². The zero-order valence-corrected chi connectivity index (χ0v) is 17.3. The first kappa shape index (κ1) is 20.3. The molecular formula is C19H18ClN3O3S2. The molecule has 0 saturated heterocycles. The minimum atomic E-state index is -3.92. The van der Waals surface area contributed by atoms with Crippen LogP contribution in [0.5, 0.6) is 0 Å². The Morgan fingerprint density at radius 1 is 1.18 bits per heavy atom. The number of anilines is 1. The van der Waals surface area contributed by atoms with Gasteiger partial charge in [0.25, 0.3) is 10.0 Å². The van der Waals surface area contributed by atoms with E-state index < -0.39 is 15.9 Å². The largest absolute Gasteiger partial charge is 0.348 e. The van der Waals surface area contributed by atoms with Crippen molar-refractivity contribution in [3.05, 3.63) is 76.8 Å². The standard InChI is InChI=1S/C19H18ClN3O3S2/c1-14(15-7-9-16(20)10-8-15)22-18(24)13-23(19-21-11-12-27-19)28(25,26)17-5-3-2-4-6-17/h2-12,14H,13H2,1H3,(H,22,24). The van der Waals surface area contributed by atoms with E-state index in [0.29, 0.717) is 5.02 Å². The van der Waals surface area contributed by atoms with Gasteiger partial charge in [-0.25, -0.2) is 17.7 Å². The van der Waals surface area contributed by atoms with Crippen LogP contribution in [0, 0.1) is 0 Å². The highest BCUT2D eigenvalue weighted by molar-refractivity contribution is 7.93. The van der Waals surface area contributed by atoms with E-state index in [1.807, 2.05) is 19.1 Å². The summed E-state index contributed by atoms with van der Waals surface area (Å²) >= 11 is 7.04. The highest BCUT2D eigenvalue weighted by Crippen LogP contribution is 2.25. The van der Waals surface area contributed by atoms with Gasteiger partial charge in [-0.05, 0) is 36.8 Å². The van der Waals surface area contributed by atoms with Gasteiger partial charge in [0.05, 0.1) is 10.9 Å². The normalized spacial score (nSPS) is 12.4. The van der Waals surface area contributed by atoms with Gasteiger partial charge in [0, 0.05) is 16.6 Å². The highest BCUT2D eigenvalue weighted by atomic mass is 35.5.